The molecule has 0 bridgehead atoms. The molecule has 0 amide bonds. The van der Waals surface area contributed by atoms with Crippen LogP contribution >= 0.6 is 11.3 Å². The van der Waals surface area contributed by atoms with E-state index in [4.69, 9.17) is 11.3 Å². The van der Waals surface area contributed by atoms with Crippen molar-refractivity contribution < 1.29 is 11.3 Å². The number of anilines is 3. The van der Waals surface area contributed by atoms with Crippen molar-refractivity contribution in [3.8, 4) is 16.8 Å². The van der Waals surface area contributed by atoms with Crippen LogP contribution in [-0.4, -0.2) is 4.57 Å². The Hall–Kier alpha value is -6.62. The summed E-state index contributed by atoms with van der Waals surface area (Å²) in [5.41, 5.74) is 8.17. The van der Waals surface area contributed by atoms with E-state index in [1.165, 1.54) is 20.2 Å². The van der Waals surface area contributed by atoms with Crippen molar-refractivity contribution in [3.63, 3.8) is 0 Å². The van der Waals surface area contributed by atoms with Gasteiger partial charge in [0, 0.05) is 48.4 Å². The molecule has 4 heteroatoms. The van der Waals surface area contributed by atoms with E-state index in [0.29, 0.717) is 0 Å². The van der Waals surface area contributed by atoms with Crippen molar-refractivity contribution >= 4 is 92.3 Å². The molecule has 52 heavy (non-hydrogen) atoms. The van der Waals surface area contributed by atoms with Gasteiger partial charge in [0.25, 0.3) is 0 Å². The Labute approximate surface area is 310 Å². The van der Waals surface area contributed by atoms with Gasteiger partial charge in [0.15, 0.2) is 5.58 Å². The number of furan rings is 1. The highest BCUT2D eigenvalue weighted by Gasteiger charge is 2.22. The van der Waals surface area contributed by atoms with E-state index in [1.54, 1.807) is 11.3 Å². The lowest BCUT2D eigenvalue weighted by Gasteiger charge is -2.26. The largest absolute Gasteiger partial charge is 0.454 e. The van der Waals surface area contributed by atoms with Crippen LogP contribution in [0.3, 0.4) is 0 Å². The van der Waals surface area contributed by atoms with Gasteiger partial charge in [-0.25, -0.2) is 0 Å². The van der Waals surface area contributed by atoms with E-state index in [9.17, 15) is 0 Å². The molecule has 0 saturated carbocycles. The molecule has 0 N–H and O–H groups in total. The van der Waals surface area contributed by atoms with Gasteiger partial charge in [0.05, 0.1) is 34.0 Å². The molecule has 3 heterocycles. The zero-order valence-electron chi connectivity index (χ0n) is 32.6. The monoisotopic (exact) mass is 687 g/mol. The summed E-state index contributed by atoms with van der Waals surface area (Å²) in [6, 6.07) is 50.4. The summed E-state index contributed by atoms with van der Waals surface area (Å²) >= 11 is 1.79. The van der Waals surface area contributed by atoms with Gasteiger partial charge in [-0.3, -0.25) is 0 Å². The number of rotatable bonds is 5. The molecule has 0 fully saturated rings. The number of thiophene rings is 1. The molecule has 3 aromatic heterocycles. The molecule has 3 nitrogen and oxygen atoms in total. The first-order valence-corrected chi connectivity index (χ1v) is 18.0. The topological polar surface area (TPSA) is 21.3 Å². The van der Waals surface area contributed by atoms with Crippen LogP contribution in [0.5, 0.6) is 0 Å². The van der Waals surface area contributed by atoms with Crippen LogP contribution in [0.1, 0.15) is 6.85 Å². The standard InChI is InChI=1S/C48H30N2OS/c1-2-12-33(13-3-1)49-41-19-7-4-14-35(41)36-29-26-32(30-44(36)49)31-24-27-34(28-25-31)50(42-20-10-17-39-37-15-5-8-22-45(37)51-47(39)42)43-21-11-18-40-38-16-6-9-23-46(38)52-48(40)43/h1-30H/i1D,2D,3D,12D,13D. The normalized spacial score (nSPS) is 13.2. The van der Waals surface area contributed by atoms with Gasteiger partial charge in [-0.1, -0.05) is 121 Å². The van der Waals surface area contributed by atoms with Gasteiger partial charge >= 0.3 is 0 Å². The fourth-order valence-electron chi connectivity index (χ4n) is 7.77. The van der Waals surface area contributed by atoms with Crippen LogP contribution in [0.2, 0.25) is 0 Å². The predicted molar refractivity (Wildman–Crippen MR) is 221 cm³/mol. The minimum Gasteiger partial charge on any atom is -0.454 e. The van der Waals surface area contributed by atoms with Gasteiger partial charge in [-0.2, -0.15) is 0 Å². The summed E-state index contributed by atoms with van der Waals surface area (Å²) in [4.78, 5) is 2.30. The maximum atomic E-state index is 8.85. The third kappa shape index (κ3) is 4.38. The number of hydrogen-bond donors (Lipinski definition) is 0. The second-order valence-electron chi connectivity index (χ2n) is 12.9. The molecule has 0 spiro atoms. The fraction of sp³-hybridized carbons (Fsp3) is 0. The van der Waals surface area contributed by atoms with Crippen molar-refractivity contribution in [1.29, 1.82) is 0 Å². The van der Waals surface area contributed by atoms with E-state index in [2.05, 4.69) is 114 Å². The number of nitrogens with zero attached hydrogens (tertiary/aromatic N) is 2. The van der Waals surface area contributed by atoms with Crippen molar-refractivity contribution in [1.82, 2.24) is 4.57 Å². The van der Waals surface area contributed by atoms with Crippen LogP contribution < -0.4 is 4.90 Å². The molecule has 0 aliphatic rings. The van der Waals surface area contributed by atoms with Crippen LogP contribution in [0.25, 0.3) is 80.7 Å². The number of hydrogen-bond acceptors (Lipinski definition) is 3. The van der Waals surface area contributed by atoms with Crippen LogP contribution in [0.15, 0.2) is 186 Å². The zero-order chi connectivity index (χ0) is 38.5. The SMILES string of the molecule is [2H]c1c([2H])c([2H])c(-n2c3ccccc3c3ccc(-c4ccc(N(c5cccc6c5oc5ccccc56)c5cccc6c5sc5ccccc56)cc4)cc32)c([2H])c1[2H]. The summed E-state index contributed by atoms with van der Waals surface area (Å²) in [6.07, 6.45) is 0. The highest BCUT2D eigenvalue weighted by Crippen LogP contribution is 2.47. The minimum atomic E-state index is -0.413. The minimum absolute atomic E-state index is 0.130. The van der Waals surface area contributed by atoms with Crippen molar-refractivity contribution in [2.24, 2.45) is 0 Å². The Balaban J connectivity index is 1.11. The lowest BCUT2D eigenvalue weighted by atomic mass is 10.0. The smallest absolute Gasteiger partial charge is 0.159 e. The number of para-hydroxylation sites is 4. The van der Waals surface area contributed by atoms with E-state index < -0.39 is 6.04 Å². The predicted octanol–water partition coefficient (Wildman–Crippen LogP) is 14.2. The number of aromatic nitrogens is 1. The van der Waals surface area contributed by atoms with E-state index in [1.807, 2.05) is 47.0 Å². The van der Waals surface area contributed by atoms with Crippen LogP contribution in [0.4, 0.5) is 17.1 Å². The molecule has 0 aliphatic heterocycles. The fourth-order valence-corrected chi connectivity index (χ4v) is 8.98. The van der Waals surface area contributed by atoms with E-state index in [-0.39, 0.29) is 29.9 Å². The third-order valence-corrected chi connectivity index (χ3v) is 11.3. The molecule has 0 aliphatic carbocycles. The highest BCUT2D eigenvalue weighted by atomic mass is 32.1. The van der Waals surface area contributed by atoms with Crippen molar-refractivity contribution in [3.05, 3.63) is 182 Å². The first-order chi connectivity index (χ1) is 27.9. The van der Waals surface area contributed by atoms with Gasteiger partial charge in [-0.15, -0.1) is 11.3 Å². The summed E-state index contributed by atoms with van der Waals surface area (Å²) in [5, 5.41) is 6.42. The lowest BCUT2D eigenvalue weighted by molar-refractivity contribution is 0.669. The number of benzene rings is 8. The molecule has 11 aromatic rings. The highest BCUT2D eigenvalue weighted by molar-refractivity contribution is 7.26. The van der Waals surface area contributed by atoms with Gasteiger partial charge in [0.1, 0.15) is 5.58 Å². The van der Waals surface area contributed by atoms with Gasteiger partial charge in [0.2, 0.25) is 0 Å². The summed E-state index contributed by atoms with van der Waals surface area (Å²) in [7, 11) is 0. The first-order valence-electron chi connectivity index (χ1n) is 19.7. The molecule has 0 unspecified atom stereocenters. The average molecular weight is 688 g/mol. The zero-order valence-corrected chi connectivity index (χ0v) is 28.5. The molecule has 244 valence electrons. The quantitative estimate of drug-likeness (QED) is 0.180. The first kappa shape index (κ1) is 24.5. The van der Waals surface area contributed by atoms with E-state index >= 15 is 0 Å². The van der Waals surface area contributed by atoms with Crippen molar-refractivity contribution in [2.45, 2.75) is 0 Å². The molecular formula is C48H30N2OS. The average Bonchev–Trinajstić information content (AvgIpc) is 3.93. The lowest BCUT2D eigenvalue weighted by Crippen LogP contribution is -2.10. The summed E-state index contributed by atoms with van der Waals surface area (Å²) < 4.78 is 53.6. The second-order valence-corrected chi connectivity index (χ2v) is 14.0. The van der Waals surface area contributed by atoms with E-state index in [0.717, 1.165) is 71.9 Å². The maximum absolute atomic E-state index is 8.85. The Kier molecular flexibility index (Phi) is 5.40. The Bertz CT molecular complexity index is 3290. The number of fused-ring (bicyclic) bond motifs is 9. The molecule has 11 rings (SSSR count). The molecule has 8 aromatic carbocycles. The van der Waals surface area contributed by atoms with Gasteiger partial charge in [-0.05, 0) is 71.7 Å². The van der Waals surface area contributed by atoms with Crippen LogP contribution in [-0.2, 0) is 0 Å². The van der Waals surface area contributed by atoms with Crippen LogP contribution in [0, 0.1) is 0 Å². The second kappa shape index (κ2) is 11.5. The third-order valence-electron chi connectivity index (χ3n) is 10.1. The summed E-state index contributed by atoms with van der Waals surface area (Å²) in [6.45, 7) is 0. The Morgan fingerprint density at radius 2 is 1.19 bits per heavy atom. The molecule has 0 radical (unpaired) electrons. The van der Waals surface area contributed by atoms with Gasteiger partial charge < -0.3 is 13.9 Å². The Morgan fingerprint density at radius 1 is 0.519 bits per heavy atom. The molecule has 0 atom stereocenters. The van der Waals surface area contributed by atoms with Crippen molar-refractivity contribution in [2.75, 3.05) is 4.90 Å². The Morgan fingerprint density at radius 3 is 2.06 bits per heavy atom. The summed E-state index contributed by atoms with van der Waals surface area (Å²) in [5.74, 6) is 0. The molecule has 0 saturated heterocycles. The maximum Gasteiger partial charge on any atom is 0.159 e. The molecular weight excluding hydrogens is 653 g/mol.